The molecule has 0 N–H and O–H groups in total. The normalized spacial score (nSPS) is 48.3. The van der Waals surface area contributed by atoms with Crippen LogP contribution in [0.2, 0.25) is 0 Å². The molecule has 2 aliphatic rings. The fourth-order valence-electron chi connectivity index (χ4n) is 2.57. The van der Waals surface area contributed by atoms with Crippen LogP contribution in [0.25, 0.3) is 0 Å². The van der Waals surface area contributed by atoms with Crippen molar-refractivity contribution < 1.29 is 0 Å². The number of rotatable bonds is 1. The average molecular weight is 236 g/mol. The van der Waals surface area contributed by atoms with E-state index in [-0.39, 0.29) is 0 Å². The summed E-state index contributed by atoms with van der Waals surface area (Å²) < 4.78 is 1.42. The van der Waals surface area contributed by atoms with Crippen molar-refractivity contribution in [3.8, 4) is 0 Å². The molecule has 0 aromatic carbocycles. The molecule has 3 atom stereocenters. The van der Waals surface area contributed by atoms with E-state index in [1.807, 2.05) is 0 Å². The van der Waals surface area contributed by atoms with Gasteiger partial charge in [0.25, 0.3) is 0 Å². The molecule has 0 aromatic rings. The Balaban J connectivity index is 2.01. The maximum atomic E-state index is 2.55. The average Bonchev–Trinajstić information content (AvgIpc) is 2.45. The van der Waals surface area contributed by atoms with Gasteiger partial charge in [0.05, 0.1) is 0 Å². The highest BCUT2D eigenvalue weighted by atomic mass is 127. The number of hydrogen-bond acceptors (Lipinski definition) is 0. The van der Waals surface area contributed by atoms with Gasteiger partial charge >= 0.3 is 0 Å². The summed E-state index contributed by atoms with van der Waals surface area (Å²) >= 11 is 2.55. The third-order valence-corrected chi connectivity index (χ3v) is 4.21. The third kappa shape index (κ3) is 1.02. The monoisotopic (exact) mass is 236 g/mol. The Hall–Kier alpha value is 0.730. The lowest BCUT2D eigenvalue weighted by Crippen LogP contribution is -2.10. The highest BCUT2D eigenvalue weighted by Crippen LogP contribution is 2.48. The van der Waals surface area contributed by atoms with Crippen molar-refractivity contribution in [1.82, 2.24) is 0 Å². The van der Waals surface area contributed by atoms with Gasteiger partial charge in [-0.2, -0.15) is 0 Å². The predicted octanol–water partition coefficient (Wildman–Crippen LogP) is 2.86. The zero-order valence-electron chi connectivity index (χ0n) is 5.65. The van der Waals surface area contributed by atoms with E-state index < -0.39 is 0 Å². The maximum Gasteiger partial charge on any atom is 0.00264 e. The molecule has 0 amide bonds. The number of hydrogen-bond donors (Lipinski definition) is 0. The molecular formula is C8H13I. The van der Waals surface area contributed by atoms with Crippen LogP contribution < -0.4 is 0 Å². The van der Waals surface area contributed by atoms with Crippen molar-refractivity contribution in [2.24, 2.45) is 17.8 Å². The first-order valence-corrected chi connectivity index (χ1v) is 5.48. The van der Waals surface area contributed by atoms with E-state index in [0.717, 1.165) is 17.8 Å². The molecular weight excluding hydrogens is 223 g/mol. The zero-order valence-corrected chi connectivity index (χ0v) is 7.80. The van der Waals surface area contributed by atoms with Crippen molar-refractivity contribution in [2.75, 3.05) is 4.43 Å². The molecule has 2 fully saturated rings. The summed E-state index contributed by atoms with van der Waals surface area (Å²) in [7, 11) is 0. The van der Waals surface area contributed by atoms with Crippen LogP contribution in [0.1, 0.15) is 25.7 Å². The first-order chi connectivity index (χ1) is 4.40. The second-order valence-corrected chi connectivity index (χ2v) is 4.47. The number of fused-ring (bicyclic) bond motifs is 2. The van der Waals surface area contributed by atoms with Crippen LogP contribution in [-0.2, 0) is 0 Å². The Kier molecular flexibility index (Phi) is 1.72. The van der Waals surface area contributed by atoms with E-state index in [1.165, 1.54) is 4.43 Å². The zero-order chi connectivity index (χ0) is 6.27. The van der Waals surface area contributed by atoms with Gasteiger partial charge in [-0.15, -0.1) is 0 Å². The first kappa shape index (κ1) is 6.44. The van der Waals surface area contributed by atoms with Crippen LogP contribution in [0.4, 0.5) is 0 Å². The quantitative estimate of drug-likeness (QED) is 0.485. The van der Waals surface area contributed by atoms with Gasteiger partial charge in [0, 0.05) is 4.43 Å². The minimum Gasteiger partial charge on any atom is -0.0861 e. The standard InChI is InChI=1S/C8H13I/c9-5-8-4-6-1-2-7(8)3-6/h6-8H,1-5H2/t6-,7-,8+/m1/s1. The van der Waals surface area contributed by atoms with E-state index in [4.69, 9.17) is 0 Å². The summed E-state index contributed by atoms with van der Waals surface area (Å²) in [5, 5.41) is 0. The van der Waals surface area contributed by atoms with Crippen molar-refractivity contribution in [3.05, 3.63) is 0 Å². The molecule has 0 unspecified atom stereocenters. The lowest BCUT2D eigenvalue weighted by molar-refractivity contribution is 0.369. The molecule has 0 aliphatic heterocycles. The fraction of sp³-hybridized carbons (Fsp3) is 1.00. The highest BCUT2D eigenvalue weighted by molar-refractivity contribution is 14.1. The summed E-state index contributed by atoms with van der Waals surface area (Å²) in [5.74, 6) is 3.41. The van der Waals surface area contributed by atoms with Gasteiger partial charge in [-0.1, -0.05) is 29.0 Å². The first-order valence-electron chi connectivity index (χ1n) is 3.96. The molecule has 2 rings (SSSR count). The van der Waals surface area contributed by atoms with Gasteiger partial charge in [-0.3, -0.25) is 0 Å². The lowest BCUT2D eigenvalue weighted by Gasteiger charge is -2.18. The molecule has 1 heteroatoms. The van der Waals surface area contributed by atoms with Gasteiger partial charge in [0.15, 0.2) is 0 Å². The van der Waals surface area contributed by atoms with Gasteiger partial charge in [-0.05, 0) is 37.0 Å². The third-order valence-electron chi connectivity index (χ3n) is 3.08. The molecule has 0 nitrogen and oxygen atoms in total. The van der Waals surface area contributed by atoms with Crippen LogP contribution in [0, 0.1) is 17.8 Å². The molecule has 0 aromatic heterocycles. The minimum absolute atomic E-state index is 1.12. The smallest absolute Gasteiger partial charge is 0.00264 e. The Bertz CT molecular complexity index is 111. The number of alkyl halides is 1. The second-order valence-electron chi connectivity index (χ2n) is 3.59. The summed E-state index contributed by atoms with van der Waals surface area (Å²) in [4.78, 5) is 0. The van der Waals surface area contributed by atoms with E-state index in [9.17, 15) is 0 Å². The molecule has 2 bridgehead atoms. The van der Waals surface area contributed by atoms with Crippen LogP contribution in [0.5, 0.6) is 0 Å². The summed E-state index contributed by atoms with van der Waals surface area (Å²) in [5.41, 5.74) is 0. The van der Waals surface area contributed by atoms with E-state index in [0.29, 0.717) is 0 Å². The van der Waals surface area contributed by atoms with Gasteiger partial charge < -0.3 is 0 Å². The van der Waals surface area contributed by atoms with E-state index in [1.54, 1.807) is 25.7 Å². The molecule has 0 spiro atoms. The SMILES string of the molecule is IC[C@@H]1C[C@@H]2CC[C@@H]1C2. The van der Waals surface area contributed by atoms with E-state index in [2.05, 4.69) is 22.6 Å². The highest BCUT2D eigenvalue weighted by Gasteiger charge is 2.38. The molecule has 9 heavy (non-hydrogen) atoms. The minimum atomic E-state index is 1.12. The number of halogens is 1. The molecule has 0 heterocycles. The molecule has 2 aliphatic carbocycles. The molecule has 2 saturated carbocycles. The van der Waals surface area contributed by atoms with Gasteiger partial charge in [0.2, 0.25) is 0 Å². The summed E-state index contributed by atoms with van der Waals surface area (Å²) in [6.07, 6.45) is 6.25. The van der Waals surface area contributed by atoms with Gasteiger partial charge in [0.1, 0.15) is 0 Å². The molecule has 0 saturated heterocycles. The van der Waals surface area contributed by atoms with Crippen LogP contribution in [0.3, 0.4) is 0 Å². The van der Waals surface area contributed by atoms with Crippen LogP contribution in [0.15, 0.2) is 0 Å². The lowest BCUT2D eigenvalue weighted by atomic mass is 9.91. The van der Waals surface area contributed by atoms with Crippen molar-refractivity contribution in [1.29, 1.82) is 0 Å². The summed E-state index contributed by atoms with van der Waals surface area (Å²) in [6, 6.07) is 0. The second kappa shape index (κ2) is 2.40. The van der Waals surface area contributed by atoms with Crippen LogP contribution >= 0.6 is 22.6 Å². The fourth-order valence-corrected chi connectivity index (χ4v) is 3.64. The van der Waals surface area contributed by atoms with Crippen molar-refractivity contribution in [3.63, 3.8) is 0 Å². The maximum absolute atomic E-state index is 2.55. The van der Waals surface area contributed by atoms with Crippen molar-refractivity contribution >= 4 is 22.6 Å². The predicted molar refractivity (Wildman–Crippen MR) is 47.8 cm³/mol. The Morgan fingerprint density at radius 2 is 2.11 bits per heavy atom. The topological polar surface area (TPSA) is 0 Å². The molecule has 52 valence electrons. The largest absolute Gasteiger partial charge is 0.0861 e. The molecule has 0 radical (unpaired) electrons. The van der Waals surface area contributed by atoms with Crippen molar-refractivity contribution in [2.45, 2.75) is 25.7 Å². The van der Waals surface area contributed by atoms with E-state index >= 15 is 0 Å². The van der Waals surface area contributed by atoms with Gasteiger partial charge in [-0.25, -0.2) is 0 Å². The Morgan fingerprint density at radius 1 is 1.22 bits per heavy atom. The summed E-state index contributed by atoms with van der Waals surface area (Å²) in [6.45, 7) is 0. The van der Waals surface area contributed by atoms with Crippen LogP contribution in [-0.4, -0.2) is 4.43 Å². The Morgan fingerprint density at radius 3 is 2.44 bits per heavy atom. The Labute approximate surface area is 70.5 Å².